The van der Waals surface area contributed by atoms with Gasteiger partial charge in [-0.05, 0) is 47.5 Å². The summed E-state index contributed by atoms with van der Waals surface area (Å²) in [5.74, 6) is 0. The summed E-state index contributed by atoms with van der Waals surface area (Å²) in [6, 6.07) is 8.50. The van der Waals surface area contributed by atoms with Crippen molar-refractivity contribution in [2.75, 3.05) is 6.54 Å². The van der Waals surface area contributed by atoms with Crippen LogP contribution in [-0.2, 0) is 6.42 Å². The molecule has 17 heavy (non-hydrogen) atoms. The summed E-state index contributed by atoms with van der Waals surface area (Å²) in [6.45, 7) is 3.26. The van der Waals surface area contributed by atoms with Crippen molar-refractivity contribution in [3.05, 3.63) is 56.2 Å². The first kappa shape index (κ1) is 11.3. The standard InChI is InChI=1S/C14H14ClNS/c1-9-8-17-14-12(9)6-7-16-13(14)10-2-4-11(15)5-3-10/h2-5,8,13,16H,6-7H2,1H3. The van der Waals surface area contributed by atoms with Gasteiger partial charge in [0.2, 0.25) is 0 Å². The summed E-state index contributed by atoms with van der Waals surface area (Å²) in [5.41, 5.74) is 4.27. The van der Waals surface area contributed by atoms with Crippen LogP contribution in [0.5, 0.6) is 0 Å². The van der Waals surface area contributed by atoms with Crippen molar-refractivity contribution in [2.24, 2.45) is 0 Å². The Balaban J connectivity index is 2.02. The molecule has 88 valence electrons. The van der Waals surface area contributed by atoms with E-state index in [1.165, 1.54) is 21.6 Å². The molecule has 2 heterocycles. The molecule has 0 fully saturated rings. The molecule has 0 aliphatic carbocycles. The molecule has 1 aromatic carbocycles. The monoisotopic (exact) mass is 263 g/mol. The van der Waals surface area contributed by atoms with Crippen LogP contribution in [-0.4, -0.2) is 6.54 Å². The van der Waals surface area contributed by atoms with Crippen LogP contribution in [0.25, 0.3) is 0 Å². The number of halogens is 1. The van der Waals surface area contributed by atoms with Gasteiger partial charge in [-0.2, -0.15) is 0 Å². The number of nitrogens with one attached hydrogen (secondary N) is 1. The number of rotatable bonds is 1. The molecule has 0 saturated carbocycles. The van der Waals surface area contributed by atoms with Crippen LogP contribution >= 0.6 is 22.9 Å². The first-order valence-corrected chi connectivity index (χ1v) is 7.07. The molecule has 0 bridgehead atoms. The van der Waals surface area contributed by atoms with Crippen LogP contribution < -0.4 is 5.32 Å². The van der Waals surface area contributed by atoms with Gasteiger partial charge in [0.1, 0.15) is 0 Å². The molecule has 0 spiro atoms. The Morgan fingerprint density at radius 2 is 2.06 bits per heavy atom. The lowest BCUT2D eigenvalue weighted by molar-refractivity contribution is 0.577. The highest BCUT2D eigenvalue weighted by Crippen LogP contribution is 2.35. The lowest BCUT2D eigenvalue weighted by Gasteiger charge is -2.25. The Kier molecular flexibility index (Phi) is 2.95. The fourth-order valence-electron chi connectivity index (χ4n) is 2.41. The molecule has 2 aromatic rings. The van der Waals surface area contributed by atoms with Crippen molar-refractivity contribution < 1.29 is 0 Å². The number of benzene rings is 1. The fraction of sp³-hybridized carbons (Fsp3) is 0.286. The summed E-state index contributed by atoms with van der Waals surface area (Å²) >= 11 is 7.80. The topological polar surface area (TPSA) is 12.0 Å². The van der Waals surface area contributed by atoms with Gasteiger partial charge in [-0.25, -0.2) is 0 Å². The van der Waals surface area contributed by atoms with Gasteiger partial charge in [0.25, 0.3) is 0 Å². The van der Waals surface area contributed by atoms with Gasteiger partial charge in [0.15, 0.2) is 0 Å². The van der Waals surface area contributed by atoms with E-state index in [1.54, 1.807) is 0 Å². The number of hydrogen-bond donors (Lipinski definition) is 1. The lowest BCUT2D eigenvalue weighted by Crippen LogP contribution is -2.29. The van der Waals surface area contributed by atoms with E-state index in [1.807, 2.05) is 23.5 Å². The molecule has 1 unspecified atom stereocenters. The highest BCUT2D eigenvalue weighted by Gasteiger charge is 2.23. The predicted molar refractivity (Wildman–Crippen MR) is 74.1 cm³/mol. The number of fused-ring (bicyclic) bond motifs is 1. The second kappa shape index (κ2) is 4.45. The maximum Gasteiger partial charge on any atom is 0.0674 e. The molecule has 1 N–H and O–H groups in total. The Hall–Kier alpha value is -0.830. The molecule has 1 aliphatic heterocycles. The average molecular weight is 264 g/mol. The van der Waals surface area contributed by atoms with E-state index in [4.69, 9.17) is 11.6 Å². The third-order valence-electron chi connectivity index (χ3n) is 3.33. The van der Waals surface area contributed by atoms with Crippen molar-refractivity contribution in [1.29, 1.82) is 0 Å². The van der Waals surface area contributed by atoms with E-state index in [2.05, 4.69) is 29.8 Å². The first-order chi connectivity index (χ1) is 8.25. The largest absolute Gasteiger partial charge is 0.305 e. The minimum atomic E-state index is 0.342. The van der Waals surface area contributed by atoms with E-state index >= 15 is 0 Å². The van der Waals surface area contributed by atoms with Gasteiger partial charge in [0, 0.05) is 16.4 Å². The number of aryl methyl sites for hydroxylation is 1. The van der Waals surface area contributed by atoms with E-state index in [0.717, 1.165) is 18.0 Å². The van der Waals surface area contributed by atoms with Crippen molar-refractivity contribution >= 4 is 22.9 Å². The summed E-state index contributed by atoms with van der Waals surface area (Å²) in [7, 11) is 0. The van der Waals surface area contributed by atoms with Gasteiger partial charge >= 0.3 is 0 Å². The molecule has 1 nitrogen and oxygen atoms in total. The second-order valence-electron chi connectivity index (χ2n) is 4.45. The zero-order valence-corrected chi connectivity index (χ0v) is 11.2. The highest BCUT2D eigenvalue weighted by molar-refractivity contribution is 7.10. The summed E-state index contributed by atoms with van der Waals surface area (Å²) in [6.07, 6.45) is 1.15. The molecule has 1 aromatic heterocycles. The minimum Gasteiger partial charge on any atom is -0.305 e. The van der Waals surface area contributed by atoms with Gasteiger partial charge in [0.05, 0.1) is 6.04 Å². The molecule has 1 aliphatic rings. The quantitative estimate of drug-likeness (QED) is 0.822. The number of hydrogen-bond acceptors (Lipinski definition) is 2. The van der Waals surface area contributed by atoms with Crippen LogP contribution in [0.2, 0.25) is 5.02 Å². The van der Waals surface area contributed by atoms with Gasteiger partial charge < -0.3 is 5.32 Å². The molecule has 3 heteroatoms. The van der Waals surface area contributed by atoms with Crippen molar-refractivity contribution in [2.45, 2.75) is 19.4 Å². The summed E-state index contributed by atoms with van der Waals surface area (Å²) in [4.78, 5) is 1.47. The molecule has 1 atom stereocenters. The third kappa shape index (κ3) is 2.01. The van der Waals surface area contributed by atoms with Crippen molar-refractivity contribution in [3.8, 4) is 0 Å². The molecule has 0 radical (unpaired) electrons. The average Bonchev–Trinajstić information content (AvgIpc) is 2.73. The molecule has 3 rings (SSSR count). The zero-order chi connectivity index (χ0) is 11.8. The third-order valence-corrected chi connectivity index (χ3v) is 4.78. The molecular weight excluding hydrogens is 250 g/mol. The number of thiophene rings is 1. The second-order valence-corrected chi connectivity index (χ2v) is 5.80. The van der Waals surface area contributed by atoms with Crippen LogP contribution in [0, 0.1) is 6.92 Å². The van der Waals surface area contributed by atoms with E-state index < -0.39 is 0 Å². The Morgan fingerprint density at radius 1 is 1.29 bits per heavy atom. The first-order valence-electron chi connectivity index (χ1n) is 5.81. The minimum absolute atomic E-state index is 0.342. The van der Waals surface area contributed by atoms with Crippen molar-refractivity contribution in [3.63, 3.8) is 0 Å². The maximum absolute atomic E-state index is 5.94. The highest BCUT2D eigenvalue weighted by atomic mass is 35.5. The van der Waals surface area contributed by atoms with Crippen molar-refractivity contribution in [1.82, 2.24) is 5.32 Å². The maximum atomic E-state index is 5.94. The van der Waals surface area contributed by atoms with E-state index in [-0.39, 0.29) is 0 Å². The molecule has 0 amide bonds. The van der Waals surface area contributed by atoms with Crippen LogP contribution in [0.4, 0.5) is 0 Å². The Morgan fingerprint density at radius 3 is 2.82 bits per heavy atom. The fourth-order valence-corrected chi connectivity index (χ4v) is 3.74. The van der Waals surface area contributed by atoms with Gasteiger partial charge in [-0.1, -0.05) is 23.7 Å². The predicted octanol–water partition coefficient (Wildman–Crippen LogP) is 3.95. The summed E-state index contributed by atoms with van der Waals surface area (Å²) < 4.78 is 0. The Bertz CT molecular complexity index is 530. The molecular formula is C14H14ClNS. The normalized spacial score (nSPS) is 19.1. The van der Waals surface area contributed by atoms with Gasteiger partial charge in [-0.15, -0.1) is 11.3 Å². The molecule has 0 saturated heterocycles. The van der Waals surface area contributed by atoms with E-state index in [9.17, 15) is 0 Å². The summed E-state index contributed by atoms with van der Waals surface area (Å²) in [5, 5.41) is 6.65. The smallest absolute Gasteiger partial charge is 0.0674 e. The lowest BCUT2D eigenvalue weighted by atomic mass is 9.95. The zero-order valence-electron chi connectivity index (χ0n) is 9.66. The van der Waals surface area contributed by atoms with Crippen LogP contribution in [0.3, 0.4) is 0 Å². The SMILES string of the molecule is Cc1csc2c1CCNC2c1ccc(Cl)cc1. The van der Waals surface area contributed by atoms with E-state index in [0.29, 0.717) is 6.04 Å². The van der Waals surface area contributed by atoms with Gasteiger partial charge in [-0.3, -0.25) is 0 Å². The van der Waals surface area contributed by atoms with Crippen LogP contribution in [0.15, 0.2) is 29.6 Å². The Labute approximate surface area is 110 Å². The van der Waals surface area contributed by atoms with Crippen LogP contribution in [0.1, 0.15) is 27.6 Å².